The summed E-state index contributed by atoms with van der Waals surface area (Å²) >= 11 is 0. The third-order valence-electron chi connectivity index (χ3n) is 3.40. The molecule has 0 bridgehead atoms. The highest BCUT2D eigenvalue weighted by Gasteiger charge is 2.36. The van der Waals surface area contributed by atoms with Gasteiger partial charge >= 0.3 is 6.18 Å². The molecule has 2 rings (SSSR count). The fraction of sp³-hybridized carbons (Fsp3) is 0.714. The minimum absolute atomic E-state index is 0.239. The lowest BCUT2D eigenvalue weighted by atomic mass is 10.3. The predicted octanol–water partition coefficient (Wildman–Crippen LogP) is 3.55. The first-order valence-electron chi connectivity index (χ1n) is 7.39. The highest BCUT2D eigenvalue weighted by atomic mass is 19.4. The summed E-state index contributed by atoms with van der Waals surface area (Å²) in [6.45, 7) is 5.86. The Balaban J connectivity index is 2.28. The minimum Gasteiger partial charge on any atom is -0.370 e. The van der Waals surface area contributed by atoms with Crippen LogP contribution in [-0.4, -0.2) is 29.6 Å². The van der Waals surface area contributed by atoms with Crippen molar-refractivity contribution >= 4 is 11.6 Å². The molecule has 0 amide bonds. The second kappa shape index (κ2) is 6.49. The molecular weight excluding hydrogens is 281 g/mol. The Morgan fingerprint density at radius 2 is 2.00 bits per heavy atom. The maximum absolute atomic E-state index is 12.9. The molecule has 1 heterocycles. The summed E-state index contributed by atoms with van der Waals surface area (Å²) in [7, 11) is 0. The van der Waals surface area contributed by atoms with Gasteiger partial charge in [0.1, 0.15) is 11.6 Å². The smallest absolute Gasteiger partial charge is 0.370 e. The van der Waals surface area contributed by atoms with Crippen LogP contribution in [-0.2, 0) is 6.18 Å². The van der Waals surface area contributed by atoms with Crippen molar-refractivity contribution in [3.63, 3.8) is 0 Å². The van der Waals surface area contributed by atoms with Crippen molar-refractivity contribution in [2.24, 2.45) is 5.92 Å². The van der Waals surface area contributed by atoms with E-state index in [2.05, 4.69) is 15.3 Å². The molecule has 1 aliphatic rings. The maximum atomic E-state index is 12.9. The Kier molecular flexibility index (Phi) is 4.90. The summed E-state index contributed by atoms with van der Waals surface area (Å²) in [4.78, 5) is 9.19. The van der Waals surface area contributed by atoms with E-state index in [0.29, 0.717) is 24.8 Å². The topological polar surface area (TPSA) is 41.0 Å². The normalized spacial score (nSPS) is 15.1. The number of nitrogens with zero attached hydrogens (tertiary/aromatic N) is 3. The van der Waals surface area contributed by atoms with Gasteiger partial charge in [0, 0.05) is 25.7 Å². The molecule has 21 heavy (non-hydrogen) atoms. The Hall–Kier alpha value is -1.53. The first kappa shape index (κ1) is 15.9. The van der Waals surface area contributed by atoms with Crippen molar-refractivity contribution < 1.29 is 13.2 Å². The fourth-order valence-electron chi connectivity index (χ4n) is 2.06. The molecule has 118 valence electrons. The van der Waals surface area contributed by atoms with Crippen LogP contribution >= 0.6 is 0 Å². The minimum atomic E-state index is -4.53. The van der Waals surface area contributed by atoms with Gasteiger partial charge in [0.15, 0.2) is 0 Å². The molecule has 0 spiro atoms. The number of hydrogen-bond donors (Lipinski definition) is 1. The van der Waals surface area contributed by atoms with Crippen molar-refractivity contribution in [2.45, 2.75) is 39.3 Å². The molecule has 1 saturated carbocycles. The first-order chi connectivity index (χ1) is 9.94. The number of hydrogen-bond acceptors (Lipinski definition) is 4. The Morgan fingerprint density at radius 1 is 1.29 bits per heavy atom. The van der Waals surface area contributed by atoms with Crippen LogP contribution in [0.2, 0.25) is 0 Å². The van der Waals surface area contributed by atoms with Crippen LogP contribution in [0, 0.1) is 5.92 Å². The molecule has 0 aromatic carbocycles. The van der Waals surface area contributed by atoms with Crippen LogP contribution in [0.3, 0.4) is 0 Å². The zero-order valence-corrected chi connectivity index (χ0v) is 12.4. The molecule has 1 aliphatic carbocycles. The van der Waals surface area contributed by atoms with E-state index in [-0.39, 0.29) is 5.82 Å². The van der Waals surface area contributed by atoms with Gasteiger partial charge in [-0.3, -0.25) is 0 Å². The Morgan fingerprint density at radius 3 is 2.52 bits per heavy atom. The van der Waals surface area contributed by atoms with E-state index in [4.69, 9.17) is 0 Å². The molecular formula is C14H21F3N4. The van der Waals surface area contributed by atoms with E-state index in [0.717, 1.165) is 25.8 Å². The van der Waals surface area contributed by atoms with Gasteiger partial charge in [0.05, 0.1) is 0 Å². The third kappa shape index (κ3) is 4.47. The number of anilines is 2. The zero-order chi connectivity index (χ0) is 15.5. The van der Waals surface area contributed by atoms with Crippen molar-refractivity contribution in [3.05, 3.63) is 11.9 Å². The molecule has 4 nitrogen and oxygen atoms in total. The molecule has 7 heteroatoms. The van der Waals surface area contributed by atoms with E-state index in [9.17, 15) is 13.2 Å². The molecule has 1 aromatic heterocycles. The first-order valence-corrected chi connectivity index (χ1v) is 7.39. The summed E-state index contributed by atoms with van der Waals surface area (Å²) in [5, 5.41) is 2.92. The fourth-order valence-corrected chi connectivity index (χ4v) is 2.06. The summed E-state index contributed by atoms with van der Waals surface area (Å²) < 4.78 is 38.8. The Labute approximate surface area is 122 Å². The van der Waals surface area contributed by atoms with Gasteiger partial charge in [-0.25, -0.2) is 9.97 Å². The lowest BCUT2D eigenvalue weighted by Crippen LogP contribution is -2.27. The predicted molar refractivity (Wildman–Crippen MR) is 76.4 cm³/mol. The van der Waals surface area contributed by atoms with Gasteiger partial charge in [-0.1, -0.05) is 6.92 Å². The molecule has 1 aromatic rings. The maximum Gasteiger partial charge on any atom is 0.451 e. The van der Waals surface area contributed by atoms with E-state index < -0.39 is 12.0 Å². The molecule has 0 atom stereocenters. The monoisotopic (exact) mass is 302 g/mol. The van der Waals surface area contributed by atoms with E-state index >= 15 is 0 Å². The van der Waals surface area contributed by atoms with Crippen LogP contribution in [0.5, 0.6) is 0 Å². The van der Waals surface area contributed by atoms with E-state index in [1.54, 1.807) is 6.07 Å². The van der Waals surface area contributed by atoms with Crippen molar-refractivity contribution in [1.82, 2.24) is 9.97 Å². The molecule has 0 saturated heterocycles. The zero-order valence-electron chi connectivity index (χ0n) is 12.4. The average molecular weight is 302 g/mol. The standard InChI is InChI=1S/C14H21F3N4/c1-3-7-18-11-8-12(20-13(19-11)14(15,16)17)21(4-2)9-10-5-6-10/h8,10H,3-7,9H2,1-2H3,(H,18,19,20). The molecule has 0 aliphatic heterocycles. The largest absolute Gasteiger partial charge is 0.451 e. The third-order valence-corrected chi connectivity index (χ3v) is 3.40. The second-order valence-corrected chi connectivity index (χ2v) is 5.34. The molecule has 1 fully saturated rings. The number of nitrogens with one attached hydrogen (secondary N) is 1. The van der Waals surface area contributed by atoms with Crippen LogP contribution < -0.4 is 10.2 Å². The van der Waals surface area contributed by atoms with E-state index in [1.165, 1.54) is 0 Å². The molecule has 0 radical (unpaired) electrons. The van der Waals surface area contributed by atoms with Gasteiger partial charge in [-0.05, 0) is 32.1 Å². The van der Waals surface area contributed by atoms with Crippen molar-refractivity contribution in [2.75, 3.05) is 29.9 Å². The van der Waals surface area contributed by atoms with Crippen molar-refractivity contribution in [1.29, 1.82) is 0 Å². The summed E-state index contributed by atoms with van der Waals surface area (Å²) in [6.07, 6.45) is -1.42. The quantitative estimate of drug-likeness (QED) is 0.836. The highest BCUT2D eigenvalue weighted by molar-refractivity contribution is 5.50. The number of halogens is 3. The lowest BCUT2D eigenvalue weighted by Gasteiger charge is -2.23. The summed E-state index contributed by atoms with van der Waals surface area (Å²) in [6, 6.07) is 1.61. The lowest BCUT2D eigenvalue weighted by molar-refractivity contribution is -0.144. The van der Waals surface area contributed by atoms with Crippen LogP contribution in [0.4, 0.5) is 24.8 Å². The van der Waals surface area contributed by atoms with E-state index in [1.807, 2.05) is 18.7 Å². The van der Waals surface area contributed by atoms with Gasteiger partial charge in [-0.15, -0.1) is 0 Å². The number of aromatic nitrogens is 2. The summed E-state index contributed by atoms with van der Waals surface area (Å²) in [5.41, 5.74) is 0. The Bertz CT molecular complexity index is 472. The summed E-state index contributed by atoms with van der Waals surface area (Å²) in [5.74, 6) is 0.0999. The second-order valence-electron chi connectivity index (χ2n) is 5.34. The van der Waals surface area contributed by atoms with Crippen molar-refractivity contribution in [3.8, 4) is 0 Å². The van der Waals surface area contributed by atoms with Crippen LogP contribution in [0.1, 0.15) is 38.9 Å². The number of alkyl halides is 3. The van der Waals surface area contributed by atoms with Gasteiger partial charge in [-0.2, -0.15) is 13.2 Å². The molecule has 1 N–H and O–H groups in total. The highest BCUT2D eigenvalue weighted by Crippen LogP contribution is 2.33. The average Bonchev–Trinajstić information content (AvgIpc) is 3.25. The van der Waals surface area contributed by atoms with Crippen LogP contribution in [0.15, 0.2) is 6.07 Å². The van der Waals surface area contributed by atoms with Gasteiger partial charge < -0.3 is 10.2 Å². The van der Waals surface area contributed by atoms with Crippen LogP contribution in [0.25, 0.3) is 0 Å². The molecule has 0 unspecified atom stereocenters. The number of rotatable bonds is 7. The van der Waals surface area contributed by atoms with Gasteiger partial charge in [0.25, 0.3) is 0 Å². The SMILES string of the molecule is CCCNc1cc(N(CC)CC2CC2)nc(C(F)(F)F)n1. The van der Waals surface area contributed by atoms with Gasteiger partial charge in [0.2, 0.25) is 5.82 Å².